The van der Waals surface area contributed by atoms with Crippen LogP contribution < -0.4 is 9.47 Å². The molecule has 0 aliphatic rings. The molecule has 1 heterocycles. The first-order valence-corrected chi connectivity index (χ1v) is 7.50. The number of aromatic carboxylic acids is 1. The summed E-state index contributed by atoms with van der Waals surface area (Å²) >= 11 is 1.54. The largest absolute Gasteiger partial charge is 0.497 e. The zero-order chi connectivity index (χ0) is 15.5. The van der Waals surface area contributed by atoms with E-state index in [1.54, 1.807) is 30.6 Å². The molecule has 1 N–H and O–H groups in total. The predicted molar refractivity (Wildman–Crippen MR) is 86.1 cm³/mol. The summed E-state index contributed by atoms with van der Waals surface area (Å²) in [6.45, 7) is 0.407. The first kappa shape index (κ1) is 14.4. The molecule has 112 valence electrons. The molecule has 0 bridgehead atoms. The van der Waals surface area contributed by atoms with E-state index in [1.807, 2.05) is 36.4 Å². The lowest BCUT2D eigenvalue weighted by Crippen LogP contribution is -1.95. The van der Waals surface area contributed by atoms with E-state index in [-0.39, 0.29) is 0 Å². The highest BCUT2D eigenvalue weighted by molar-refractivity contribution is 7.19. The Morgan fingerprint density at radius 3 is 2.55 bits per heavy atom. The highest BCUT2D eigenvalue weighted by Gasteiger charge is 2.11. The minimum Gasteiger partial charge on any atom is -0.497 e. The topological polar surface area (TPSA) is 55.8 Å². The summed E-state index contributed by atoms with van der Waals surface area (Å²) in [5, 5.41) is 9.97. The molecule has 1 aromatic heterocycles. The van der Waals surface area contributed by atoms with Gasteiger partial charge in [0.15, 0.2) is 0 Å². The Morgan fingerprint density at radius 1 is 1.14 bits per heavy atom. The van der Waals surface area contributed by atoms with Crippen LogP contribution in [-0.2, 0) is 6.61 Å². The van der Waals surface area contributed by atoms with Gasteiger partial charge in [0.1, 0.15) is 18.1 Å². The summed E-state index contributed by atoms with van der Waals surface area (Å²) in [6, 6.07) is 14.5. The number of carboxylic acids is 1. The Kier molecular flexibility index (Phi) is 3.98. The first-order valence-electron chi connectivity index (χ1n) is 6.69. The van der Waals surface area contributed by atoms with Gasteiger partial charge in [-0.3, -0.25) is 0 Å². The maximum Gasteiger partial charge on any atom is 0.336 e. The third kappa shape index (κ3) is 2.89. The number of ether oxygens (including phenoxy) is 2. The van der Waals surface area contributed by atoms with Gasteiger partial charge in [-0.05, 0) is 42.5 Å². The van der Waals surface area contributed by atoms with E-state index in [9.17, 15) is 9.90 Å². The summed E-state index contributed by atoms with van der Waals surface area (Å²) in [4.78, 5) is 12.2. The number of carboxylic acid groups (broad SMARTS) is 1. The van der Waals surface area contributed by atoms with E-state index >= 15 is 0 Å². The Balaban J connectivity index is 1.79. The molecule has 0 fully saturated rings. The monoisotopic (exact) mass is 314 g/mol. The Morgan fingerprint density at radius 2 is 1.86 bits per heavy atom. The minimum atomic E-state index is -0.911. The number of hydrogen-bond acceptors (Lipinski definition) is 4. The highest BCUT2D eigenvalue weighted by atomic mass is 32.1. The van der Waals surface area contributed by atoms with E-state index in [0.717, 1.165) is 26.5 Å². The van der Waals surface area contributed by atoms with Crippen molar-refractivity contribution in [3.8, 4) is 11.5 Å². The molecule has 22 heavy (non-hydrogen) atoms. The van der Waals surface area contributed by atoms with Crippen LogP contribution in [0.15, 0.2) is 48.5 Å². The van der Waals surface area contributed by atoms with Crippen molar-refractivity contribution in [3.05, 3.63) is 59.0 Å². The summed E-state index contributed by atoms with van der Waals surface area (Å²) in [5.41, 5.74) is 0.324. The second-order valence-corrected chi connectivity index (χ2v) is 5.87. The third-order valence-corrected chi connectivity index (χ3v) is 4.36. The average molecular weight is 314 g/mol. The van der Waals surface area contributed by atoms with Crippen molar-refractivity contribution in [2.24, 2.45) is 0 Å². The molecule has 0 atom stereocenters. The zero-order valence-corrected chi connectivity index (χ0v) is 12.7. The maximum absolute atomic E-state index is 11.2. The van der Waals surface area contributed by atoms with E-state index in [1.165, 1.54) is 0 Å². The summed E-state index contributed by atoms with van der Waals surface area (Å²) in [7, 11) is 1.62. The van der Waals surface area contributed by atoms with Crippen LogP contribution in [0.4, 0.5) is 0 Å². The van der Waals surface area contributed by atoms with Gasteiger partial charge in [0.25, 0.3) is 0 Å². The van der Waals surface area contributed by atoms with Crippen molar-refractivity contribution >= 4 is 27.4 Å². The molecule has 0 aliphatic heterocycles. The van der Waals surface area contributed by atoms with E-state index in [0.29, 0.717) is 12.2 Å². The smallest absolute Gasteiger partial charge is 0.336 e. The fourth-order valence-electron chi connectivity index (χ4n) is 2.20. The van der Waals surface area contributed by atoms with Crippen LogP contribution in [0.2, 0.25) is 0 Å². The number of rotatable bonds is 5. The number of hydrogen-bond donors (Lipinski definition) is 1. The number of fused-ring (bicyclic) bond motifs is 1. The fraction of sp³-hybridized carbons (Fsp3) is 0.118. The SMILES string of the molecule is COc1ccc(OCc2cc3c(C(=O)O)cccc3s2)cc1. The lowest BCUT2D eigenvalue weighted by molar-refractivity contribution is 0.0699. The molecule has 0 aliphatic carbocycles. The molecule has 4 nitrogen and oxygen atoms in total. The van der Waals surface area contributed by atoms with Gasteiger partial charge in [-0.15, -0.1) is 11.3 Å². The van der Waals surface area contributed by atoms with Crippen LogP contribution in [0.25, 0.3) is 10.1 Å². The molecule has 0 unspecified atom stereocenters. The second kappa shape index (κ2) is 6.07. The van der Waals surface area contributed by atoms with Gasteiger partial charge in [-0.1, -0.05) is 6.07 Å². The Hall–Kier alpha value is -2.53. The van der Waals surface area contributed by atoms with Crippen LogP contribution in [0.3, 0.4) is 0 Å². The number of benzene rings is 2. The molecule has 0 saturated heterocycles. The number of methoxy groups -OCH3 is 1. The number of thiophene rings is 1. The van der Waals surface area contributed by atoms with Crippen LogP contribution in [0.1, 0.15) is 15.2 Å². The van der Waals surface area contributed by atoms with Gasteiger partial charge in [-0.2, -0.15) is 0 Å². The van der Waals surface area contributed by atoms with Crippen LogP contribution in [0, 0.1) is 0 Å². The standard InChI is InChI=1S/C17H14O4S/c1-20-11-5-7-12(8-6-11)21-10-13-9-15-14(17(18)19)3-2-4-16(15)22-13/h2-9H,10H2,1H3,(H,18,19). The van der Waals surface area contributed by atoms with Gasteiger partial charge in [0, 0.05) is 15.0 Å². The van der Waals surface area contributed by atoms with E-state index in [4.69, 9.17) is 9.47 Å². The van der Waals surface area contributed by atoms with Crippen molar-refractivity contribution in [1.29, 1.82) is 0 Å². The second-order valence-electron chi connectivity index (χ2n) is 4.70. The number of carbonyl (C=O) groups is 1. The maximum atomic E-state index is 11.2. The lowest BCUT2D eigenvalue weighted by Gasteiger charge is -2.05. The van der Waals surface area contributed by atoms with Gasteiger partial charge in [0.05, 0.1) is 12.7 Å². The fourth-order valence-corrected chi connectivity index (χ4v) is 3.20. The summed E-state index contributed by atoms with van der Waals surface area (Å²) in [5.74, 6) is 0.614. The first-order chi connectivity index (χ1) is 10.7. The minimum absolute atomic E-state index is 0.324. The quantitative estimate of drug-likeness (QED) is 0.767. The van der Waals surface area contributed by atoms with Crippen molar-refractivity contribution in [2.75, 3.05) is 7.11 Å². The molecule has 2 aromatic carbocycles. The molecule has 0 radical (unpaired) electrons. The molecule has 3 aromatic rings. The van der Waals surface area contributed by atoms with Crippen molar-refractivity contribution in [1.82, 2.24) is 0 Å². The molecular weight excluding hydrogens is 300 g/mol. The molecule has 0 saturated carbocycles. The van der Waals surface area contributed by atoms with Crippen LogP contribution in [0.5, 0.6) is 11.5 Å². The molecule has 3 rings (SSSR count). The normalized spacial score (nSPS) is 10.6. The van der Waals surface area contributed by atoms with E-state index < -0.39 is 5.97 Å². The predicted octanol–water partition coefficient (Wildman–Crippen LogP) is 4.19. The Bertz CT molecular complexity index is 805. The molecule has 0 amide bonds. The lowest BCUT2D eigenvalue weighted by atomic mass is 10.1. The average Bonchev–Trinajstić information content (AvgIpc) is 2.96. The zero-order valence-electron chi connectivity index (χ0n) is 11.9. The highest BCUT2D eigenvalue weighted by Crippen LogP contribution is 2.29. The summed E-state index contributed by atoms with van der Waals surface area (Å²) < 4.78 is 11.8. The van der Waals surface area contributed by atoms with Crippen molar-refractivity contribution in [3.63, 3.8) is 0 Å². The van der Waals surface area contributed by atoms with Crippen LogP contribution >= 0.6 is 11.3 Å². The molecular formula is C17H14O4S. The Labute approximate surface area is 131 Å². The van der Waals surface area contributed by atoms with Gasteiger partial charge >= 0.3 is 5.97 Å². The molecule has 5 heteroatoms. The van der Waals surface area contributed by atoms with Gasteiger partial charge in [-0.25, -0.2) is 4.79 Å². The summed E-state index contributed by atoms with van der Waals surface area (Å²) in [6.07, 6.45) is 0. The molecule has 0 spiro atoms. The third-order valence-electron chi connectivity index (χ3n) is 3.28. The van der Waals surface area contributed by atoms with E-state index in [2.05, 4.69) is 0 Å². The van der Waals surface area contributed by atoms with Gasteiger partial charge in [0.2, 0.25) is 0 Å². The van der Waals surface area contributed by atoms with Crippen molar-refractivity contribution in [2.45, 2.75) is 6.61 Å². The van der Waals surface area contributed by atoms with Crippen LogP contribution in [-0.4, -0.2) is 18.2 Å². The van der Waals surface area contributed by atoms with Gasteiger partial charge < -0.3 is 14.6 Å². The van der Waals surface area contributed by atoms with Crippen molar-refractivity contribution < 1.29 is 19.4 Å².